The molecular formula is C16H20N2. The molecule has 1 unspecified atom stereocenters. The molecular weight excluding hydrogens is 220 g/mol. The summed E-state index contributed by atoms with van der Waals surface area (Å²) in [4.78, 5) is 4.16. The Hall–Kier alpha value is -1.67. The topological polar surface area (TPSA) is 24.9 Å². The van der Waals surface area contributed by atoms with Gasteiger partial charge < -0.3 is 5.32 Å². The molecule has 94 valence electrons. The second-order valence-corrected chi connectivity index (χ2v) is 4.81. The smallest absolute Gasteiger partial charge is 0.0315 e. The third kappa shape index (κ3) is 3.17. The zero-order valence-electron chi connectivity index (χ0n) is 11.2. The van der Waals surface area contributed by atoms with Gasteiger partial charge in [0.05, 0.1) is 0 Å². The van der Waals surface area contributed by atoms with Crippen LogP contribution in [0.25, 0.3) is 0 Å². The van der Waals surface area contributed by atoms with E-state index in [0.29, 0.717) is 12.1 Å². The van der Waals surface area contributed by atoms with Crippen LogP contribution in [0.5, 0.6) is 0 Å². The van der Waals surface area contributed by atoms with Gasteiger partial charge in [0.25, 0.3) is 0 Å². The fourth-order valence-corrected chi connectivity index (χ4v) is 2.14. The molecule has 0 spiro atoms. The minimum Gasteiger partial charge on any atom is -0.304 e. The van der Waals surface area contributed by atoms with Crippen LogP contribution < -0.4 is 5.32 Å². The van der Waals surface area contributed by atoms with E-state index in [0.717, 1.165) is 0 Å². The summed E-state index contributed by atoms with van der Waals surface area (Å²) in [6, 6.07) is 13.3. The van der Waals surface area contributed by atoms with Crippen molar-refractivity contribution in [1.82, 2.24) is 10.3 Å². The first-order valence-corrected chi connectivity index (χ1v) is 6.39. The van der Waals surface area contributed by atoms with Gasteiger partial charge in [-0.05, 0) is 38.0 Å². The molecule has 2 nitrogen and oxygen atoms in total. The summed E-state index contributed by atoms with van der Waals surface area (Å²) in [5.41, 5.74) is 3.85. The molecule has 0 aliphatic rings. The van der Waals surface area contributed by atoms with Crippen LogP contribution in [0.4, 0.5) is 0 Å². The SMILES string of the molecule is Cc1cccc(C(C)N[C@H](C)c2cccnc2)c1. The average Bonchev–Trinajstić information content (AvgIpc) is 2.39. The number of pyridine rings is 1. The molecule has 0 fully saturated rings. The van der Waals surface area contributed by atoms with Gasteiger partial charge in [-0.3, -0.25) is 4.98 Å². The van der Waals surface area contributed by atoms with Gasteiger partial charge in [0.15, 0.2) is 0 Å². The Bertz CT molecular complexity index is 493. The van der Waals surface area contributed by atoms with Crippen molar-refractivity contribution in [2.24, 2.45) is 0 Å². The van der Waals surface area contributed by atoms with Crippen LogP contribution >= 0.6 is 0 Å². The first-order valence-electron chi connectivity index (χ1n) is 6.39. The number of nitrogens with zero attached hydrogens (tertiary/aromatic N) is 1. The fourth-order valence-electron chi connectivity index (χ4n) is 2.14. The van der Waals surface area contributed by atoms with Crippen molar-refractivity contribution in [1.29, 1.82) is 0 Å². The predicted molar refractivity (Wildman–Crippen MR) is 75.4 cm³/mol. The van der Waals surface area contributed by atoms with Crippen LogP contribution in [0.3, 0.4) is 0 Å². The zero-order valence-corrected chi connectivity index (χ0v) is 11.2. The lowest BCUT2D eigenvalue weighted by molar-refractivity contribution is 0.493. The molecule has 0 saturated carbocycles. The van der Waals surface area contributed by atoms with E-state index >= 15 is 0 Å². The van der Waals surface area contributed by atoms with Gasteiger partial charge in [0.2, 0.25) is 0 Å². The Morgan fingerprint density at radius 2 is 1.72 bits per heavy atom. The van der Waals surface area contributed by atoms with E-state index in [1.54, 1.807) is 6.20 Å². The van der Waals surface area contributed by atoms with Crippen molar-refractivity contribution < 1.29 is 0 Å². The molecule has 0 saturated heterocycles. The van der Waals surface area contributed by atoms with Gasteiger partial charge in [-0.1, -0.05) is 35.9 Å². The van der Waals surface area contributed by atoms with Gasteiger partial charge in [0.1, 0.15) is 0 Å². The Kier molecular flexibility index (Phi) is 4.11. The molecule has 1 heterocycles. The molecule has 2 aromatic rings. The number of rotatable bonds is 4. The van der Waals surface area contributed by atoms with Gasteiger partial charge >= 0.3 is 0 Å². The molecule has 1 aromatic heterocycles. The number of aryl methyl sites for hydroxylation is 1. The molecule has 0 amide bonds. The van der Waals surface area contributed by atoms with E-state index in [1.807, 2.05) is 12.3 Å². The first kappa shape index (κ1) is 12.8. The van der Waals surface area contributed by atoms with Gasteiger partial charge in [-0.25, -0.2) is 0 Å². The summed E-state index contributed by atoms with van der Waals surface area (Å²) in [6.07, 6.45) is 3.72. The van der Waals surface area contributed by atoms with Crippen LogP contribution in [0.2, 0.25) is 0 Å². The van der Waals surface area contributed by atoms with Crippen molar-refractivity contribution in [3.8, 4) is 0 Å². The van der Waals surface area contributed by atoms with Crippen LogP contribution in [-0.2, 0) is 0 Å². The summed E-state index contributed by atoms with van der Waals surface area (Å²) in [7, 11) is 0. The normalized spacial score (nSPS) is 14.2. The molecule has 18 heavy (non-hydrogen) atoms. The average molecular weight is 240 g/mol. The highest BCUT2D eigenvalue weighted by molar-refractivity contribution is 5.25. The Labute approximate surface area is 109 Å². The molecule has 2 atom stereocenters. The number of aromatic nitrogens is 1. The Balaban J connectivity index is 2.05. The maximum absolute atomic E-state index is 4.16. The molecule has 0 aliphatic heterocycles. The van der Waals surface area contributed by atoms with Crippen LogP contribution in [0.15, 0.2) is 48.8 Å². The van der Waals surface area contributed by atoms with Crippen molar-refractivity contribution in [3.05, 3.63) is 65.5 Å². The lowest BCUT2D eigenvalue weighted by atomic mass is 10.0. The quantitative estimate of drug-likeness (QED) is 0.879. The molecule has 0 aliphatic carbocycles. The maximum Gasteiger partial charge on any atom is 0.0315 e. The number of hydrogen-bond acceptors (Lipinski definition) is 2. The van der Waals surface area contributed by atoms with E-state index in [1.165, 1.54) is 16.7 Å². The first-order chi connectivity index (χ1) is 8.66. The molecule has 0 radical (unpaired) electrons. The number of hydrogen-bond donors (Lipinski definition) is 1. The van der Waals surface area contributed by atoms with E-state index in [-0.39, 0.29) is 0 Å². The van der Waals surface area contributed by atoms with Crippen LogP contribution in [0, 0.1) is 6.92 Å². The lowest BCUT2D eigenvalue weighted by Crippen LogP contribution is -2.22. The summed E-state index contributed by atoms with van der Waals surface area (Å²) >= 11 is 0. The summed E-state index contributed by atoms with van der Waals surface area (Å²) < 4.78 is 0. The minimum absolute atomic E-state index is 0.300. The largest absolute Gasteiger partial charge is 0.304 e. The second-order valence-electron chi connectivity index (χ2n) is 4.81. The summed E-state index contributed by atoms with van der Waals surface area (Å²) in [5, 5.41) is 3.60. The van der Waals surface area contributed by atoms with E-state index in [2.05, 4.69) is 61.4 Å². The highest BCUT2D eigenvalue weighted by Gasteiger charge is 2.10. The highest BCUT2D eigenvalue weighted by atomic mass is 14.9. The third-order valence-corrected chi connectivity index (χ3v) is 3.23. The number of nitrogens with one attached hydrogen (secondary N) is 1. The van der Waals surface area contributed by atoms with E-state index < -0.39 is 0 Å². The lowest BCUT2D eigenvalue weighted by Gasteiger charge is -2.20. The van der Waals surface area contributed by atoms with Crippen LogP contribution in [-0.4, -0.2) is 4.98 Å². The molecule has 1 N–H and O–H groups in total. The predicted octanol–water partition coefficient (Wildman–Crippen LogP) is 3.80. The standard InChI is InChI=1S/C16H20N2/c1-12-6-4-7-15(10-12)13(2)18-14(3)16-8-5-9-17-11-16/h4-11,13-14,18H,1-3H3/t13?,14-/m1/s1. The maximum atomic E-state index is 4.16. The van der Waals surface area contributed by atoms with Crippen molar-refractivity contribution in [2.75, 3.05) is 0 Å². The van der Waals surface area contributed by atoms with Crippen LogP contribution in [0.1, 0.15) is 42.6 Å². The summed E-state index contributed by atoms with van der Waals surface area (Å²) in [6.45, 7) is 6.49. The van der Waals surface area contributed by atoms with Gasteiger partial charge in [-0.2, -0.15) is 0 Å². The molecule has 2 rings (SSSR count). The zero-order chi connectivity index (χ0) is 13.0. The Morgan fingerprint density at radius 3 is 2.39 bits per heavy atom. The van der Waals surface area contributed by atoms with Crippen molar-refractivity contribution in [2.45, 2.75) is 32.9 Å². The molecule has 1 aromatic carbocycles. The van der Waals surface area contributed by atoms with E-state index in [9.17, 15) is 0 Å². The van der Waals surface area contributed by atoms with Gasteiger partial charge in [0, 0.05) is 24.5 Å². The Morgan fingerprint density at radius 1 is 1.00 bits per heavy atom. The third-order valence-electron chi connectivity index (χ3n) is 3.23. The van der Waals surface area contributed by atoms with Crippen molar-refractivity contribution in [3.63, 3.8) is 0 Å². The number of benzene rings is 1. The van der Waals surface area contributed by atoms with Gasteiger partial charge in [-0.15, -0.1) is 0 Å². The van der Waals surface area contributed by atoms with Crippen molar-refractivity contribution >= 4 is 0 Å². The monoisotopic (exact) mass is 240 g/mol. The molecule has 0 bridgehead atoms. The highest BCUT2D eigenvalue weighted by Crippen LogP contribution is 2.19. The summed E-state index contributed by atoms with van der Waals surface area (Å²) in [5.74, 6) is 0. The fraction of sp³-hybridized carbons (Fsp3) is 0.312. The minimum atomic E-state index is 0.300. The second kappa shape index (κ2) is 5.78. The van der Waals surface area contributed by atoms with E-state index in [4.69, 9.17) is 0 Å². The molecule has 2 heteroatoms.